The zero-order valence-corrected chi connectivity index (χ0v) is 33.9. The zero-order valence-electron chi connectivity index (χ0n) is 33.9. The van der Waals surface area contributed by atoms with E-state index in [1.54, 1.807) is 14.0 Å². The highest BCUT2D eigenvalue weighted by Gasteiger charge is 2.65. The number of fused-ring (bicyclic) bond motifs is 9. The third-order valence-corrected chi connectivity index (χ3v) is 15.0. The van der Waals surface area contributed by atoms with E-state index in [2.05, 4.69) is 83.1 Å². The van der Waals surface area contributed by atoms with Crippen LogP contribution in [0, 0.1) is 23.7 Å². The molecule has 6 bridgehead atoms. The van der Waals surface area contributed by atoms with Crippen molar-refractivity contribution in [2.75, 3.05) is 41.5 Å². The van der Waals surface area contributed by atoms with Crippen LogP contribution in [0.1, 0.15) is 86.9 Å². The average molecular weight is 761 g/mol. The first kappa shape index (κ1) is 37.2. The Labute approximate surface area is 329 Å². The van der Waals surface area contributed by atoms with Gasteiger partial charge in [-0.05, 0) is 100 Å². The van der Waals surface area contributed by atoms with Crippen LogP contribution in [0.4, 0.5) is 0 Å². The van der Waals surface area contributed by atoms with Gasteiger partial charge in [0.15, 0.2) is 0 Å². The Balaban J connectivity index is 1.30. The fourth-order valence-corrected chi connectivity index (χ4v) is 12.8. The monoisotopic (exact) mass is 760 g/mol. The number of hydrogen-bond acceptors (Lipinski definition) is 8. The molecule has 10 heteroatoms. The van der Waals surface area contributed by atoms with Gasteiger partial charge in [0, 0.05) is 76.8 Å². The van der Waals surface area contributed by atoms with Crippen molar-refractivity contribution < 1.29 is 28.6 Å². The summed E-state index contributed by atoms with van der Waals surface area (Å²) in [4.78, 5) is 54.1. The van der Waals surface area contributed by atoms with E-state index in [4.69, 9.17) is 14.2 Å². The molecule has 4 aliphatic heterocycles. The summed E-state index contributed by atoms with van der Waals surface area (Å²) in [5.74, 6) is 0.531. The number of rotatable bonds is 7. The van der Waals surface area contributed by atoms with E-state index in [9.17, 15) is 14.4 Å². The standard InChI is InChI=1S/C46H56N4O6/c1-8-25-19-27-22-46(45(53)56-7)42-30(16-17-50(43(25)46)35(27)18-24(3)51)29-14-15-37(54-5)39(41(29)48-42)33-20-31-26(9-2)23-49(4)36(38(31)44(52)55-6)21-32-28-12-10-11-13-34(28)47-40(32)33/h9-15,25,27,31,33,35-36,38,43,47-48H,8,16-23H2,1-7H3/b26-9+/t25-,27-,31+,33-,35+,36-,38-,43-,46+/m0/s1. The molecule has 10 rings (SSSR count). The first-order valence-electron chi connectivity index (χ1n) is 20.7. The van der Waals surface area contributed by atoms with Gasteiger partial charge in [-0.3, -0.25) is 24.2 Å². The fraction of sp³-hybridized carbons (Fsp3) is 0.543. The molecule has 1 unspecified atom stereocenters. The molecule has 296 valence electrons. The first-order chi connectivity index (χ1) is 27.1. The van der Waals surface area contributed by atoms with E-state index in [1.807, 2.05) is 0 Å². The molecule has 1 saturated carbocycles. The van der Waals surface area contributed by atoms with Crippen LogP contribution in [0.3, 0.4) is 0 Å². The van der Waals surface area contributed by atoms with E-state index < -0.39 is 5.41 Å². The Morgan fingerprint density at radius 3 is 2.52 bits per heavy atom. The van der Waals surface area contributed by atoms with Gasteiger partial charge in [0.25, 0.3) is 0 Å². The van der Waals surface area contributed by atoms with Crippen molar-refractivity contribution in [2.45, 2.75) is 95.2 Å². The summed E-state index contributed by atoms with van der Waals surface area (Å²) < 4.78 is 17.7. The Bertz CT molecular complexity index is 2270. The number of benzene rings is 2. The Hall–Kier alpha value is -4.41. The maximum Gasteiger partial charge on any atom is 0.319 e. The number of nitrogens with one attached hydrogen (secondary N) is 2. The summed E-state index contributed by atoms with van der Waals surface area (Å²) in [6, 6.07) is 12.8. The molecule has 10 nitrogen and oxygen atoms in total. The molecule has 6 heterocycles. The van der Waals surface area contributed by atoms with Crippen LogP contribution in [0.15, 0.2) is 48.0 Å². The van der Waals surface area contributed by atoms with E-state index in [0.717, 1.165) is 77.0 Å². The van der Waals surface area contributed by atoms with E-state index in [0.29, 0.717) is 31.6 Å². The number of carbonyl (C=O) groups is 3. The number of likely N-dealkylation sites (tertiary alicyclic amines) is 1. The highest BCUT2D eigenvalue weighted by molar-refractivity contribution is 5.95. The normalized spacial score (nSPS) is 33.0. The van der Waals surface area contributed by atoms with Gasteiger partial charge in [-0.25, -0.2) is 0 Å². The molecule has 2 aromatic heterocycles. The number of likely N-dealkylation sites (N-methyl/N-ethyl adjacent to an activating group) is 1. The predicted octanol–water partition coefficient (Wildman–Crippen LogP) is 6.84. The number of hydrogen-bond donors (Lipinski definition) is 2. The SMILES string of the molecule is C/C=C1\CN(C)[C@H]2Cc3c([nH]c4ccccc34)[C@H](c3c(OC)ccc4c5c([nH]c34)[C@]3(C(=O)OC)C[C@@H]4C[C@H](CC)[C@@H]3N(CC5)[C@@H]4CC(C)=O)C[C@H]1[C@@H]2C(=O)OC. The van der Waals surface area contributed by atoms with Gasteiger partial charge in [-0.1, -0.05) is 43.2 Å². The predicted molar refractivity (Wildman–Crippen MR) is 216 cm³/mol. The second kappa shape index (κ2) is 13.9. The van der Waals surface area contributed by atoms with Crippen LogP contribution >= 0.6 is 0 Å². The lowest BCUT2D eigenvalue weighted by Crippen LogP contribution is -2.70. The van der Waals surface area contributed by atoms with Crippen molar-refractivity contribution >= 4 is 39.5 Å². The van der Waals surface area contributed by atoms with Gasteiger partial charge in [0.05, 0.1) is 32.8 Å². The second-order valence-electron chi connectivity index (χ2n) is 17.4. The lowest BCUT2D eigenvalue weighted by molar-refractivity contribution is -0.169. The number of aromatic amines is 2. The molecule has 3 saturated heterocycles. The molecule has 2 aromatic carbocycles. The molecule has 0 radical (unpaired) electrons. The Kier molecular flexibility index (Phi) is 9.23. The van der Waals surface area contributed by atoms with Crippen LogP contribution in [0.25, 0.3) is 21.8 Å². The van der Waals surface area contributed by atoms with Gasteiger partial charge >= 0.3 is 11.9 Å². The summed E-state index contributed by atoms with van der Waals surface area (Å²) in [6.45, 7) is 7.57. The Morgan fingerprint density at radius 2 is 1.80 bits per heavy atom. The minimum Gasteiger partial charge on any atom is -0.496 e. The summed E-state index contributed by atoms with van der Waals surface area (Å²) in [6.07, 6.45) is 7.45. The third-order valence-electron chi connectivity index (χ3n) is 15.0. The number of nitrogens with zero attached hydrogens (tertiary/aromatic N) is 2. The molecule has 10 atom stereocenters. The van der Waals surface area contributed by atoms with Gasteiger partial charge in [0.2, 0.25) is 0 Å². The maximum absolute atomic E-state index is 14.7. The van der Waals surface area contributed by atoms with Crippen LogP contribution in [-0.4, -0.2) is 97.1 Å². The van der Waals surface area contributed by atoms with Crippen LogP contribution in [0.5, 0.6) is 5.75 Å². The average Bonchev–Trinajstić information content (AvgIpc) is 3.73. The first-order valence-corrected chi connectivity index (χ1v) is 20.7. The van der Waals surface area contributed by atoms with E-state index in [1.165, 1.54) is 30.7 Å². The van der Waals surface area contributed by atoms with Crippen molar-refractivity contribution in [2.24, 2.45) is 23.7 Å². The quantitative estimate of drug-likeness (QED) is 0.156. The smallest absolute Gasteiger partial charge is 0.319 e. The minimum atomic E-state index is -0.899. The molecule has 4 aromatic rings. The molecule has 56 heavy (non-hydrogen) atoms. The van der Waals surface area contributed by atoms with Gasteiger partial charge in [-0.2, -0.15) is 0 Å². The summed E-state index contributed by atoms with van der Waals surface area (Å²) >= 11 is 0. The number of ether oxygens (including phenoxy) is 3. The van der Waals surface area contributed by atoms with Crippen molar-refractivity contribution in [3.63, 3.8) is 0 Å². The molecule has 0 spiro atoms. The number of methoxy groups -OCH3 is 3. The van der Waals surface area contributed by atoms with Gasteiger partial charge in [0.1, 0.15) is 16.9 Å². The number of aromatic nitrogens is 2. The number of ketones is 1. The third kappa shape index (κ3) is 5.23. The second-order valence-corrected chi connectivity index (χ2v) is 17.4. The highest BCUT2D eigenvalue weighted by Crippen LogP contribution is 2.59. The number of para-hydroxylation sites is 1. The van der Waals surface area contributed by atoms with Crippen LogP contribution in [0.2, 0.25) is 0 Å². The summed E-state index contributed by atoms with van der Waals surface area (Å²) in [7, 11) is 6.91. The number of Topliss-reactive ketones (excluding diaryl/α,β-unsaturated/α-hetero) is 1. The molecular weight excluding hydrogens is 705 g/mol. The van der Waals surface area contributed by atoms with Crippen LogP contribution < -0.4 is 4.74 Å². The summed E-state index contributed by atoms with van der Waals surface area (Å²) in [5, 5.41) is 2.26. The van der Waals surface area contributed by atoms with Crippen molar-refractivity contribution in [3.05, 3.63) is 76.1 Å². The summed E-state index contributed by atoms with van der Waals surface area (Å²) in [5.41, 5.74) is 7.94. The Morgan fingerprint density at radius 1 is 1.00 bits per heavy atom. The topological polar surface area (TPSA) is 117 Å². The minimum absolute atomic E-state index is 0.0304. The van der Waals surface area contributed by atoms with Gasteiger partial charge in [-0.15, -0.1) is 0 Å². The molecule has 4 fully saturated rings. The molecule has 2 aliphatic carbocycles. The van der Waals surface area contributed by atoms with E-state index >= 15 is 0 Å². The number of carbonyl (C=O) groups excluding carboxylic acids is 3. The number of H-pyrrole nitrogens is 2. The molecular formula is C46H56N4O6. The van der Waals surface area contributed by atoms with Crippen molar-refractivity contribution in [1.29, 1.82) is 0 Å². The highest BCUT2D eigenvalue weighted by atomic mass is 16.5. The number of allylic oxidation sites excluding steroid dienone is 1. The van der Waals surface area contributed by atoms with Crippen molar-refractivity contribution in [1.82, 2.24) is 19.8 Å². The molecule has 6 aliphatic rings. The molecule has 0 amide bonds. The van der Waals surface area contributed by atoms with E-state index in [-0.39, 0.29) is 59.5 Å². The number of esters is 2. The van der Waals surface area contributed by atoms with Crippen LogP contribution in [-0.2, 0) is 42.1 Å². The lowest BCUT2D eigenvalue weighted by Gasteiger charge is -2.61. The lowest BCUT2D eigenvalue weighted by atomic mass is 9.54. The van der Waals surface area contributed by atoms with Gasteiger partial charge < -0.3 is 24.2 Å². The molecule has 2 N–H and O–H groups in total. The maximum atomic E-state index is 14.7. The zero-order chi connectivity index (χ0) is 39.2. The van der Waals surface area contributed by atoms with Crippen molar-refractivity contribution in [3.8, 4) is 5.75 Å². The fourth-order valence-electron chi connectivity index (χ4n) is 12.8. The largest absolute Gasteiger partial charge is 0.496 e. The number of piperidine rings is 3.